The molecule has 0 aromatic carbocycles. The van der Waals surface area contributed by atoms with Crippen LogP contribution < -0.4 is 4.74 Å². The van der Waals surface area contributed by atoms with Crippen LogP contribution in [0, 0.1) is 0 Å². The molecule has 18 heavy (non-hydrogen) atoms. The molecule has 0 saturated carbocycles. The van der Waals surface area contributed by atoms with Crippen LogP contribution in [0.5, 0.6) is 5.88 Å². The number of rotatable bonds is 3. The highest BCUT2D eigenvalue weighted by atomic mass is 79.9. The maximum atomic E-state index is 11.9. The number of nitrogens with zero attached hydrogens (tertiary/aromatic N) is 2. The lowest BCUT2D eigenvalue weighted by Crippen LogP contribution is -2.16. The summed E-state index contributed by atoms with van der Waals surface area (Å²) in [5.41, 5.74) is 0.400. The molecule has 0 radical (unpaired) electrons. The van der Waals surface area contributed by atoms with E-state index < -0.39 is 0 Å². The summed E-state index contributed by atoms with van der Waals surface area (Å²) in [5.74, 6) is 0.145. The first-order valence-corrected chi connectivity index (χ1v) is 7.06. The fraction of sp³-hybridized carbons (Fsp3) is 0.667. The predicted octanol–water partition coefficient (Wildman–Crippen LogP) is 2.77. The molecular weight excluding hydrogens is 300 g/mol. The standard InChI is InChI=1S/C12H17BrN2O3/c1-3-8-6-5-7-15-11(18-8)9(10(13)14-15)12(16)17-4-2/h8H,3-7H2,1-2H3. The van der Waals surface area contributed by atoms with Crippen molar-refractivity contribution in [3.05, 3.63) is 10.2 Å². The zero-order chi connectivity index (χ0) is 13.1. The molecule has 0 aliphatic carbocycles. The predicted molar refractivity (Wildman–Crippen MR) is 69.8 cm³/mol. The minimum atomic E-state index is -0.387. The van der Waals surface area contributed by atoms with Crippen LogP contribution in [-0.2, 0) is 11.3 Å². The lowest BCUT2D eigenvalue weighted by atomic mass is 10.1. The molecular formula is C12H17BrN2O3. The van der Waals surface area contributed by atoms with Crippen molar-refractivity contribution in [1.82, 2.24) is 9.78 Å². The van der Waals surface area contributed by atoms with E-state index in [1.807, 2.05) is 0 Å². The van der Waals surface area contributed by atoms with E-state index in [9.17, 15) is 4.79 Å². The summed E-state index contributed by atoms with van der Waals surface area (Å²) in [6.07, 6.45) is 3.05. The number of fused-ring (bicyclic) bond motifs is 1. The fourth-order valence-corrected chi connectivity index (χ4v) is 2.56. The molecule has 1 aliphatic rings. The third kappa shape index (κ3) is 2.53. The van der Waals surface area contributed by atoms with E-state index in [2.05, 4.69) is 28.0 Å². The van der Waals surface area contributed by atoms with Crippen LogP contribution in [0.15, 0.2) is 4.60 Å². The van der Waals surface area contributed by atoms with Crippen molar-refractivity contribution in [3.8, 4) is 5.88 Å². The zero-order valence-electron chi connectivity index (χ0n) is 10.6. The Labute approximate surface area is 115 Å². The highest BCUT2D eigenvalue weighted by molar-refractivity contribution is 9.10. The molecule has 2 heterocycles. The third-order valence-corrected chi connectivity index (χ3v) is 3.53. The summed E-state index contributed by atoms with van der Waals surface area (Å²) in [7, 11) is 0. The van der Waals surface area contributed by atoms with Gasteiger partial charge in [0.2, 0.25) is 5.88 Å². The molecule has 6 heteroatoms. The number of aryl methyl sites for hydroxylation is 1. The Morgan fingerprint density at radius 2 is 2.39 bits per heavy atom. The Kier molecular flexibility index (Phi) is 4.27. The number of halogens is 1. The molecule has 1 unspecified atom stereocenters. The summed E-state index contributed by atoms with van der Waals surface area (Å²) >= 11 is 3.30. The Morgan fingerprint density at radius 1 is 1.61 bits per heavy atom. The van der Waals surface area contributed by atoms with Gasteiger partial charge in [-0.05, 0) is 42.1 Å². The SMILES string of the molecule is CCOC(=O)c1c(Br)nn2c1OC(CC)CCC2. The first-order valence-electron chi connectivity index (χ1n) is 6.27. The van der Waals surface area contributed by atoms with Gasteiger partial charge in [-0.25, -0.2) is 9.48 Å². The number of carbonyl (C=O) groups excluding carboxylic acids is 1. The number of aromatic nitrogens is 2. The van der Waals surface area contributed by atoms with Gasteiger partial charge in [-0.15, -0.1) is 0 Å². The van der Waals surface area contributed by atoms with Gasteiger partial charge in [-0.3, -0.25) is 0 Å². The summed E-state index contributed by atoms with van der Waals surface area (Å²) in [6.45, 7) is 4.97. The van der Waals surface area contributed by atoms with Gasteiger partial charge < -0.3 is 9.47 Å². The molecule has 0 saturated heterocycles. The Balaban J connectivity index is 2.36. The van der Waals surface area contributed by atoms with E-state index in [1.165, 1.54) is 0 Å². The van der Waals surface area contributed by atoms with Crippen molar-refractivity contribution in [1.29, 1.82) is 0 Å². The second kappa shape index (κ2) is 5.73. The highest BCUT2D eigenvalue weighted by Crippen LogP contribution is 2.31. The average molecular weight is 317 g/mol. The minimum Gasteiger partial charge on any atom is -0.474 e. The Hall–Kier alpha value is -1.04. The van der Waals surface area contributed by atoms with E-state index in [4.69, 9.17) is 9.47 Å². The lowest BCUT2D eigenvalue weighted by Gasteiger charge is -2.14. The topological polar surface area (TPSA) is 53.3 Å². The first kappa shape index (κ1) is 13.4. The number of hydrogen-bond donors (Lipinski definition) is 0. The quantitative estimate of drug-likeness (QED) is 0.805. The summed E-state index contributed by atoms with van der Waals surface area (Å²) in [6, 6.07) is 0. The van der Waals surface area contributed by atoms with E-state index in [0.29, 0.717) is 22.7 Å². The fourth-order valence-electron chi connectivity index (χ4n) is 2.04. The van der Waals surface area contributed by atoms with Gasteiger partial charge in [0.1, 0.15) is 10.7 Å². The van der Waals surface area contributed by atoms with Crippen LogP contribution in [0.1, 0.15) is 43.5 Å². The zero-order valence-corrected chi connectivity index (χ0v) is 12.2. The number of ether oxygens (including phenoxy) is 2. The van der Waals surface area contributed by atoms with Crippen molar-refractivity contribution in [2.75, 3.05) is 6.61 Å². The van der Waals surface area contributed by atoms with Crippen molar-refractivity contribution < 1.29 is 14.3 Å². The molecule has 0 spiro atoms. The van der Waals surface area contributed by atoms with Gasteiger partial charge in [0.05, 0.1) is 6.61 Å². The largest absolute Gasteiger partial charge is 0.474 e. The normalized spacial score (nSPS) is 18.7. The van der Waals surface area contributed by atoms with Crippen LogP contribution in [0.25, 0.3) is 0 Å². The van der Waals surface area contributed by atoms with Gasteiger partial charge in [0, 0.05) is 6.54 Å². The van der Waals surface area contributed by atoms with Gasteiger partial charge in [0.25, 0.3) is 0 Å². The first-order chi connectivity index (χ1) is 8.67. The molecule has 1 aromatic rings. The van der Waals surface area contributed by atoms with Crippen LogP contribution in [0.2, 0.25) is 0 Å². The Morgan fingerprint density at radius 3 is 3.06 bits per heavy atom. The second-order valence-electron chi connectivity index (χ2n) is 4.20. The Bertz CT molecular complexity index is 445. The van der Waals surface area contributed by atoms with Gasteiger partial charge >= 0.3 is 5.97 Å². The molecule has 1 atom stereocenters. The molecule has 0 N–H and O–H groups in total. The van der Waals surface area contributed by atoms with Crippen LogP contribution in [0.4, 0.5) is 0 Å². The maximum absolute atomic E-state index is 11.9. The van der Waals surface area contributed by atoms with Crippen LogP contribution in [0.3, 0.4) is 0 Å². The van der Waals surface area contributed by atoms with Crippen molar-refractivity contribution in [2.24, 2.45) is 0 Å². The lowest BCUT2D eigenvalue weighted by molar-refractivity contribution is 0.0517. The molecule has 100 valence electrons. The average Bonchev–Trinajstić information content (AvgIpc) is 2.53. The van der Waals surface area contributed by atoms with E-state index in [0.717, 1.165) is 25.8 Å². The molecule has 0 bridgehead atoms. The summed E-state index contributed by atoms with van der Waals surface area (Å²) in [4.78, 5) is 11.9. The van der Waals surface area contributed by atoms with Crippen molar-refractivity contribution >= 4 is 21.9 Å². The number of carbonyl (C=O) groups is 1. The highest BCUT2D eigenvalue weighted by Gasteiger charge is 2.28. The van der Waals surface area contributed by atoms with Crippen molar-refractivity contribution in [3.63, 3.8) is 0 Å². The van der Waals surface area contributed by atoms with Gasteiger partial charge in [-0.2, -0.15) is 5.10 Å². The third-order valence-electron chi connectivity index (χ3n) is 2.97. The van der Waals surface area contributed by atoms with Gasteiger partial charge in [0.15, 0.2) is 5.56 Å². The molecule has 2 rings (SSSR count). The number of esters is 1. The smallest absolute Gasteiger partial charge is 0.346 e. The molecule has 0 amide bonds. The van der Waals surface area contributed by atoms with Crippen LogP contribution in [-0.4, -0.2) is 28.5 Å². The van der Waals surface area contributed by atoms with Gasteiger partial charge in [-0.1, -0.05) is 6.92 Å². The van der Waals surface area contributed by atoms with Crippen molar-refractivity contribution in [2.45, 2.75) is 45.8 Å². The van der Waals surface area contributed by atoms with E-state index in [1.54, 1.807) is 11.6 Å². The minimum absolute atomic E-state index is 0.142. The monoisotopic (exact) mass is 316 g/mol. The van der Waals surface area contributed by atoms with E-state index in [-0.39, 0.29) is 12.1 Å². The molecule has 5 nitrogen and oxygen atoms in total. The second-order valence-corrected chi connectivity index (χ2v) is 4.96. The summed E-state index contributed by atoms with van der Waals surface area (Å²) < 4.78 is 13.2. The molecule has 0 fully saturated rings. The van der Waals surface area contributed by atoms with E-state index >= 15 is 0 Å². The maximum Gasteiger partial charge on any atom is 0.346 e. The molecule has 1 aliphatic heterocycles. The van der Waals surface area contributed by atoms with Crippen LogP contribution >= 0.6 is 15.9 Å². The molecule has 1 aromatic heterocycles. The number of hydrogen-bond acceptors (Lipinski definition) is 4. The summed E-state index contributed by atoms with van der Waals surface area (Å²) in [5, 5.41) is 4.29.